The summed E-state index contributed by atoms with van der Waals surface area (Å²) in [5.74, 6) is -0.857. The molecule has 204 valence electrons. The summed E-state index contributed by atoms with van der Waals surface area (Å²) in [4.78, 5) is 30.4. The van der Waals surface area contributed by atoms with E-state index in [0.29, 0.717) is 17.0 Å². The first kappa shape index (κ1) is 27.9. The van der Waals surface area contributed by atoms with Crippen LogP contribution in [0.5, 0.6) is 17.2 Å². The van der Waals surface area contributed by atoms with Crippen LogP contribution in [0.15, 0.2) is 66.2 Å². The van der Waals surface area contributed by atoms with Crippen molar-refractivity contribution in [1.29, 1.82) is 0 Å². The Morgan fingerprint density at radius 2 is 1.56 bits per heavy atom. The van der Waals surface area contributed by atoms with E-state index in [2.05, 4.69) is 0 Å². The third-order valence-electron chi connectivity index (χ3n) is 6.39. The number of carbonyl (C=O) groups excluding carboxylic acids is 2. The number of hydrogen-bond donors (Lipinski definition) is 1. The lowest BCUT2D eigenvalue weighted by Gasteiger charge is -2.26. The van der Waals surface area contributed by atoms with E-state index < -0.39 is 23.5 Å². The van der Waals surface area contributed by atoms with Gasteiger partial charge in [0.15, 0.2) is 0 Å². The molecule has 39 heavy (non-hydrogen) atoms. The number of halogens is 1. The van der Waals surface area contributed by atoms with Gasteiger partial charge in [0.25, 0.3) is 11.7 Å². The van der Waals surface area contributed by atoms with Gasteiger partial charge in [-0.1, -0.05) is 23.7 Å². The highest BCUT2D eigenvalue weighted by atomic mass is 35.5. The molecule has 4 rings (SSSR count). The lowest BCUT2D eigenvalue weighted by atomic mass is 9.94. The van der Waals surface area contributed by atoms with Gasteiger partial charge in [-0.05, 0) is 61.9 Å². The number of ketones is 1. The number of Topliss-reactive ketones (excluding diaryl/α,β-unsaturated/α-hetero) is 1. The highest BCUT2D eigenvalue weighted by molar-refractivity contribution is 6.51. The van der Waals surface area contributed by atoms with Crippen LogP contribution in [0, 0.1) is 0 Å². The summed E-state index contributed by atoms with van der Waals surface area (Å²) in [5.41, 5.74) is 2.16. The Morgan fingerprint density at radius 1 is 0.949 bits per heavy atom. The summed E-state index contributed by atoms with van der Waals surface area (Å²) in [5, 5.41) is 11.9. The molecule has 1 unspecified atom stereocenters. The average molecular weight is 551 g/mol. The maximum Gasteiger partial charge on any atom is 0.300 e. The number of aliphatic hydroxyl groups excluding tert-OH is 1. The van der Waals surface area contributed by atoms with Crippen molar-refractivity contribution in [3.63, 3.8) is 0 Å². The molecule has 0 saturated carbocycles. The number of hydrogen-bond acceptors (Lipinski definition) is 7. The molecule has 8 nitrogen and oxygen atoms in total. The molecule has 1 amide bonds. The Bertz CT molecular complexity index is 1410. The van der Waals surface area contributed by atoms with Crippen molar-refractivity contribution in [1.82, 2.24) is 0 Å². The first-order valence-corrected chi connectivity index (χ1v) is 12.7. The van der Waals surface area contributed by atoms with E-state index in [9.17, 15) is 14.7 Å². The van der Waals surface area contributed by atoms with Crippen molar-refractivity contribution < 1.29 is 28.9 Å². The first-order chi connectivity index (χ1) is 18.6. The molecule has 1 N–H and O–H groups in total. The Kier molecular flexibility index (Phi) is 8.06. The fourth-order valence-electron chi connectivity index (χ4n) is 4.52. The maximum absolute atomic E-state index is 13.6. The number of carbonyl (C=O) groups is 2. The van der Waals surface area contributed by atoms with Crippen LogP contribution < -0.4 is 24.0 Å². The Morgan fingerprint density at radius 3 is 2.10 bits per heavy atom. The minimum atomic E-state index is -0.913. The smallest absolute Gasteiger partial charge is 0.300 e. The second kappa shape index (κ2) is 11.3. The third kappa shape index (κ3) is 5.38. The van der Waals surface area contributed by atoms with E-state index in [4.69, 9.17) is 25.8 Å². The zero-order valence-electron chi connectivity index (χ0n) is 22.7. The molecule has 0 aromatic heterocycles. The van der Waals surface area contributed by atoms with Crippen molar-refractivity contribution >= 4 is 40.4 Å². The highest BCUT2D eigenvalue weighted by Crippen LogP contribution is 2.45. The standard InChI is InChI=1S/C30H31ClN2O6/c1-17(2)39-21-13-11-20(12-14-21)33-27(18-7-9-19(10-8-18)32(3)4)26(29(35)30(33)36)28(34)22-15-25(38-6)23(31)16-24(22)37-5/h7-17,27,34H,1-6H3/b28-26+. The summed E-state index contributed by atoms with van der Waals surface area (Å²) >= 11 is 6.26. The van der Waals surface area contributed by atoms with Crippen LogP contribution >= 0.6 is 11.6 Å². The second-order valence-corrected chi connectivity index (χ2v) is 9.91. The van der Waals surface area contributed by atoms with Gasteiger partial charge in [-0.15, -0.1) is 0 Å². The molecule has 0 bridgehead atoms. The SMILES string of the molecule is COc1cc(/C(O)=C2\C(=O)C(=O)N(c3ccc(OC(C)C)cc3)C2c2ccc(N(C)C)cc2)c(OC)cc1Cl. The van der Waals surface area contributed by atoms with Gasteiger partial charge in [0.2, 0.25) is 0 Å². The van der Waals surface area contributed by atoms with Crippen LogP contribution in [0.2, 0.25) is 5.02 Å². The highest BCUT2D eigenvalue weighted by Gasteiger charge is 2.47. The molecule has 1 heterocycles. The lowest BCUT2D eigenvalue weighted by molar-refractivity contribution is -0.132. The number of aliphatic hydroxyl groups is 1. The van der Waals surface area contributed by atoms with Crippen LogP contribution in [0.25, 0.3) is 5.76 Å². The quantitative estimate of drug-likeness (QED) is 0.214. The Balaban J connectivity index is 1.93. The van der Waals surface area contributed by atoms with Crippen LogP contribution in [0.4, 0.5) is 11.4 Å². The maximum atomic E-state index is 13.6. The number of nitrogens with zero attached hydrogens (tertiary/aromatic N) is 2. The predicted molar refractivity (Wildman–Crippen MR) is 152 cm³/mol. The van der Waals surface area contributed by atoms with Crippen LogP contribution in [-0.4, -0.2) is 51.2 Å². The number of rotatable bonds is 8. The number of methoxy groups -OCH3 is 2. The Hall–Kier alpha value is -4.17. The number of amides is 1. The number of benzene rings is 3. The van der Waals surface area contributed by atoms with Crippen LogP contribution in [0.3, 0.4) is 0 Å². The van der Waals surface area contributed by atoms with Gasteiger partial charge in [0.05, 0.1) is 42.5 Å². The molecule has 1 aliphatic rings. The lowest BCUT2D eigenvalue weighted by Crippen LogP contribution is -2.29. The molecular weight excluding hydrogens is 520 g/mol. The van der Waals surface area contributed by atoms with E-state index in [0.717, 1.165) is 5.69 Å². The minimum absolute atomic E-state index is 0.0216. The van der Waals surface area contributed by atoms with E-state index in [1.807, 2.05) is 57.1 Å². The number of ether oxygens (including phenoxy) is 3. The predicted octanol–water partition coefficient (Wildman–Crippen LogP) is 5.84. The molecule has 1 saturated heterocycles. The average Bonchev–Trinajstić information content (AvgIpc) is 3.18. The second-order valence-electron chi connectivity index (χ2n) is 9.50. The van der Waals surface area contributed by atoms with E-state index in [-0.39, 0.29) is 33.8 Å². The van der Waals surface area contributed by atoms with Gasteiger partial charge in [-0.25, -0.2) is 0 Å². The van der Waals surface area contributed by atoms with E-state index >= 15 is 0 Å². The first-order valence-electron chi connectivity index (χ1n) is 12.3. The topological polar surface area (TPSA) is 88.5 Å². The number of anilines is 2. The molecule has 3 aromatic rings. The van der Waals surface area contributed by atoms with Crippen molar-refractivity contribution in [3.05, 3.63) is 82.4 Å². The summed E-state index contributed by atoms with van der Waals surface area (Å²) < 4.78 is 16.5. The molecule has 0 radical (unpaired) electrons. The van der Waals surface area contributed by atoms with Crippen molar-refractivity contribution in [2.24, 2.45) is 0 Å². The van der Waals surface area contributed by atoms with Gasteiger partial charge >= 0.3 is 0 Å². The molecule has 3 aromatic carbocycles. The molecule has 1 atom stereocenters. The summed E-state index contributed by atoms with van der Waals surface area (Å²) in [6.45, 7) is 3.84. The summed E-state index contributed by atoms with van der Waals surface area (Å²) in [6, 6.07) is 16.4. The molecular formula is C30H31ClN2O6. The van der Waals surface area contributed by atoms with Gasteiger partial charge in [0.1, 0.15) is 23.0 Å². The van der Waals surface area contributed by atoms with Crippen LogP contribution in [0.1, 0.15) is 31.0 Å². The largest absolute Gasteiger partial charge is 0.507 e. The monoisotopic (exact) mass is 550 g/mol. The van der Waals surface area contributed by atoms with E-state index in [1.54, 1.807) is 24.3 Å². The third-order valence-corrected chi connectivity index (χ3v) is 6.68. The summed E-state index contributed by atoms with van der Waals surface area (Å²) in [6.07, 6.45) is -0.0216. The molecule has 1 fully saturated rings. The fraction of sp³-hybridized carbons (Fsp3) is 0.267. The zero-order chi connectivity index (χ0) is 28.4. The van der Waals surface area contributed by atoms with Crippen molar-refractivity contribution in [2.45, 2.75) is 26.0 Å². The normalized spacial score (nSPS) is 16.5. The molecule has 1 aliphatic heterocycles. The van der Waals surface area contributed by atoms with Gasteiger partial charge in [-0.3, -0.25) is 14.5 Å². The minimum Gasteiger partial charge on any atom is -0.507 e. The molecule has 9 heteroatoms. The molecule has 0 spiro atoms. The van der Waals surface area contributed by atoms with Gasteiger partial charge < -0.3 is 24.2 Å². The zero-order valence-corrected chi connectivity index (χ0v) is 23.4. The van der Waals surface area contributed by atoms with Gasteiger partial charge in [0, 0.05) is 31.5 Å². The van der Waals surface area contributed by atoms with Gasteiger partial charge in [-0.2, -0.15) is 0 Å². The van der Waals surface area contributed by atoms with Crippen molar-refractivity contribution in [3.8, 4) is 17.2 Å². The molecule has 0 aliphatic carbocycles. The van der Waals surface area contributed by atoms with Crippen molar-refractivity contribution in [2.75, 3.05) is 38.1 Å². The van der Waals surface area contributed by atoms with Crippen LogP contribution in [-0.2, 0) is 9.59 Å². The fourth-order valence-corrected chi connectivity index (χ4v) is 4.75. The van der Waals surface area contributed by atoms with E-state index in [1.165, 1.54) is 31.3 Å². The summed E-state index contributed by atoms with van der Waals surface area (Å²) in [7, 11) is 6.70. The Labute approximate surface area is 233 Å².